The van der Waals surface area contributed by atoms with Gasteiger partial charge in [0.25, 0.3) is 0 Å². The Kier molecular flexibility index (Phi) is 6.20. The summed E-state index contributed by atoms with van der Waals surface area (Å²) in [6, 6.07) is 0. The second-order valence-corrected chi connectivity index (χ2v) is 5.43. The molecule has 0 unspecified atom stereocenters. The highest BCUT2D eigenvalue weighted by Gasteiger charge is 2.11. The number of rotatable bonds is 7. The molecule has 0 bridgehead atoms. The molecule has 4 nitrogen and oxygen atoms in total. The minimum absolute atomic E-state index is 0.714. The third-order valence-corrected chi connectivity index (χ3v) is 3.27. The number of hydrogen-bond acceptors (Lipinski definition) is 5. The average molecular weight is 263 g/mol. The molecule has 0 radical (unpaired) electrons. The smallest absolute Gasteiger partial charge is 0.138 e. The van der Waals surface area contributed by atoms with Crippen LogP contribution in [0.1, 0.15) is 19.0 Å². The van der Waals surface area contributed by atoms with E-state index in [-0.39, 0.29) is 0 Å². The zero-order chi connectivity index (χ0) is 12.0. The van der Waals surface area contributed by atoms with E-state index in [9.17, 15) is 0 Å². The van der Waals surface area contributed by atoms with Gasteiger partial charge in [0.05, 0.1) is 0 Å². The lowest BCUT2D eigenvalue weighted by Gasteiger charge is -2.22. The van der Waals surface area contributed by atoms with Crippen molar-refractivity contribution >= 4 is 23.1 Å². The molecule has 0 aliphatic carbocycles. The molecule has 0 saturated carbocycles. The predicted octanol–water partition coefficient (Wildman–Crippen LogP) is 1.97. The van der Waals surface area contributed by atoms with Crippen LogP contribution >= 0.6 is 23.1 Å². The van der Waals surface area contributed by atoms with Crippen LogP contribution in [0.2, 0.25) is 4.34 Å². The Bertz CT molecular complexity index is 303. The van der Waals surface area contributed by atoms with Gasteiger partial charge in [-0.05, 0) is 27.1 Å². The molecule has 0 aromatic carbocycles. The first-order valence-corrected chi connectivity index (χ1v) is 6.62. The predicted molar refractivity (Wildman–Crippen MR) is 69.0 cm³/mol. The lowest BCUT2D eigenvalue weighted by atomic mass is 10.3. The Morgan fingerprint density at radius 2 is 2.00 bits per heavy atom. The summed E-state index contributed by atoms with van der Waals surface area (Å²) < 4.78 is 4.57. The van der Waals surface area contributed by atoms with Crippen LogP contribution in [0.3, 0.4) is 0 Å². The highest BCUT2D eigenvalue weighted by Crippen LogP contribution is 2.18. The Balaban J connectivity index is 2.47. The van der Waals surface area contributed by atoms with Crippen LogP contribution < -0.4 is 0 Å². The van der Waals surface area contributed by atoms with Crippen molar-refractivity contribution in [1.29, 1.82) is 0 Å². The number of hydrogen-bond donors (Lipinski definition) is 0. The van der Waals surface area contributed by atoms with E-state index < -0.39 is 0 Å². The van der Waals surface area contributed by atoms with E-state index >= 15 is 0 Å². The monoisotopic (exact) mass is 262 g/mol. The third-order valence-electron chi connectivity index (χ3n) is 2.29. The van der Waals surface area contributed by atoms with Gasteiger partial charge in [-0.25, -0.2) is 0 Å². The molecule has 1 aromatic rings. The van der Waals surface area contributed by atoms with Crippen molar-refractivity contribution in [3.63, 3.8) is 0 Å². The maximum Gasteiger partial charge on any atom is 0.138 e. The Morgan fingerprint density at radius 1 is 1.25 bits per heavy atom. The molecule has 0 spiro atoms. The van der Waals surface area contributed by atoms with E-state index in [1.807, 2.05) is 0 Å². The quantitative estimate of drug-likeness (QED) is 0.752. The second-order valence-electron chi connectivity index (χ2n) is 4.07. The van der Waals surface area contributed by atoms with Crippen LogP contribution in [0.15, 0.2) is 0 Å². The molecule has 0 aliphatic heterocycles. The minimum Gasteiger partial charge on any atom is -0.308 e. The lowest BCUT2D eigenvalue weighted by molar-refractivity contribution is 0.232. The highest BCUT2D eigenvalue weighted by molar-refractivity contribution is 7.10. The summed E-state index contributed by atoms with van der Waals surface area (Å²) in [6.07, 6.45) is 1.14. The number of nitrogens with zero attached hydrogens (tertiary/aromatic N) is 4. The molecular weight excluding hydrogens is 244 g/mol. The van der Waals surface area contributed by atoms with Crippen molar-refractivity contribution in [2.45, 2.75) is 19.9 Å². The van der Waals surface area contributed by atoms with Gasteiger partial charge >= 0.3 is 0 Å². The molecular formula is C10H19ClN4S. The zero-order valence-electron chi connectivity index (χ0n) is 10.1. The number of aromatic nitrogens is 2. The van der Waals surface area contributed by atoms with Gasteiger partial charge < -0.3 is 4.90 Å². The maximum atomic E-state index is 6.00. The minimum atomic E-state index is 0.714. The third kappa shape index (κ3) is 4.74. The molecule has 16 heavy (non-hydrogen) atoms. The fourth-order valence-corrected chi connectivity index (χ4v) is 2.04. The molecule has 0 aliphatic rings. The van der Waals surface area contributed by atoms with Gasteiger partial charge in [-0.1, -0.05) is 23.0 Å². The summed E-state index contributed by atoms with van der Waals surface area (Å²) >= 11 is 7.26. The SMILES string of the molecule is CCCN(CCN(C)C)Cc1nnsc1Cl. The Morgan fingerprint density at radius 3 is 2.50 bits per heavy atom. The fraction of sp³-hybridized carbons (Fsp3) is 0.800. The Hall–Kier alpha value is -0.230. The first-order chi connectivity index (χ1) is 7.63. The molecule has 92 valence electrons. The first kappa shape index (κ1) is 13.8. The van der Waals surface area contributed by atoms with E-state index in [2.05, 4.69) is 40.4 Å². The van der Waals surface area contributed by atoms with Crippen LogP contribution in [-0.2, 0) is 6.54 Å². The topological polar surface area (TPSA) is 32.3 Å². The highest BCUT2D eigenvalue weighted by atomic mass is 35.5. The van der Waals surface area contributed by atoms with Gasteiger partial charge in [-0.15, -0.1) is 5.10 Å². The number of halogens is 1. The van der Waals surface area contributed by atoms with Crippen molar-refractivity contribution in [2.24, 2.45) is 0 Å². The van der Waals surface area contributed by atoms with E-state index in [1.54, 1.807) is 0 Å². The molecule has 0 atom stereocenters. The molecule has 1 aromatic heterocycles. The lowest BCUT2D eigenvalue weighted by Crippen LogP contribution is -2.32. The zero-order valence-corrected chi connectivity index (χ0v) is 11.7. The van der Waals surface area contributed by atoms with E-state index in [0.29, 0.717) is 4.34 Å². The van der Waals surface area contributed by atoms with Gasteiger partial charge in [0, 0.05) is 31.2 Å². The molecule has 0 amide bonds. The Labute approximate surface area is 106 Å². The van der Waals surface area contributed by atoms with Gasteiger partial charge in [0.2, 0.25) is 0 Å². The fourth-order valence-electron chi connectivity index (χ4n) is 1.43. The number of likely N-dealkylation sites (N-methyl/N-ethyl adjacent to an activating group) is 1. The molecule has 6 heteroatoms. The largest absolute Gasteiger partial charge is 0.308 e. The van der Waals surface area contributed by atoms with Crippen molar-refractivity contribution in [1.82, 2.24) is 19.4 Å². The van der Waals surface area contributed by atoms with Gasteiger partial charge in [0.15, 0.2) is 0 Å². The summed E-state index contributed by atoms with van der Waals surface area (Å²) in [5.74, 6) is 0. The van der Waals surface area contributed by atoms with E-state index in [1.165, 1.54) is 11.5 Å². The molecule has 1 heterocycles. The summed E-state index contributed by atoms with van der Waals surface area (Å²) in [5.41, 5.74) is 0.902. The normalized spacial score (nSPS) is 11.6. The van der Waals surface area contributed by atoms with E-state index in [0.717, 1.165) is 38.3 Å². The summed E-state index contributed by atoms with van der Waals surface area (Å²) in [6.45, 7) is 6.14. The molecule has 0 saturated heterocycles. The van der Waals surface area contributed by atoms with Gasteiger partial charge in [-0.3, -0.25) is 4.90 Å². The van der Waals surface area contributed by atoms with Crippen molar-refractivity contribution in [2.75, 3.05) is 33.7 Å². The van der Waals surface area contributed by atoms with Crippen LogP contribution in [0.5, 0.6) is 0 Å². The summed E-state index contributed by atoms with van der Waals surface area (Å²) in [4.78, 5) is 4.55. The summed E-state index contributed by atoms with van der Waals surface area (Å²) in [5, 5.41) is 4.05. The summed E-state index contributed by atoms with van der Waals surface area (Å²) in [7, 11) is 4.17. The van der Waals surface area contributed by atoms with Crippen molar-refractivity contribution in [3.8, 4) is 0 Å². The van der Waals surface area contributed by atoms with Gasteiger partial charge in [0.1, 0.15) is 10.0 Å². The average Bonchev–Trinajstić information content (AvgIpc) is 2.61. The standard InChI is InChI=1S/C10H19ClN4S/c1-4-5-15(7-6-14(2)3)8-9-10(11)16-13-12-9/h4-8H2,1-3H3. The van der Waals surface area contributed by atoms with Crippen LogP contribution in [0.25, 0.3) is 0 Å². The molecule has 0 fully saturated rings. The molecule has 0 N–H and O–H groups in total. The van der Waals surface area contributed by atoms with Crippen molar-refractivity contribution < 1.29 is 0 Å². The second kappa shape index (κ2) is 7.17. The van der Waals surface area contributed by atoms with E-state index in [4.69, 9.17) is 11.6 Å². The van der Waals surface area contributed by atoms with Crippen LogP contribution in [0.4, 0.5) is 0 Å². The van der Waals surface area contributed by atoms with Crippen LogP contribution in [-0.4, -0.2) is 53.1 Å². The van der Waals surface area contributed by atoms with Gasteiger partial charge in [-0.2, -0.15) is 0 Å². The van der Waals surface area contributed by atoms with Crippen molar-refractivity contribution in [3.05, 3.63) is 10.0 Å². The molecule has 1 rings (SSSR count). The van der Waals surface area contributed by atoms with Crippen LogP contribution in [0, 0.1) is 0 Å². The first-order valence-electron chi connectivity index (χ1n) is 5.47. The maximum absolute atomic E-state index is 6.00.